The summed E-state index contributed by atoms with van der Waals surface area (Å²) in [6.07, 6.45) is 4.84. The quantitative estimate of drug-likeness (QED) is 0.852. The summed E-state index contributed by atoms with van der Waals surface area (Å²) in [6.45, 7) is 3.19. The molecule has 1 aromatic rings. The van der Waals surface area contributed by atoms with Crippen molar-refractivity contribution in [2.75, 3.05) is 12.8 Å². The van der Waals surface area contributed by atoms with Crippen molar-refractivity contribution < 1.29 is 0 Å². The second kappa shape index (κ2) is 5.07. The summed E-state index contributed by atoms with van der Waals surface area (Å²) in [5.74, 6) is 0. The molecule has 0 radical (unpaired) electrons. The van der Waals surface area contributed by atoms with Crippen LogP contribution in [0.3, 0.4) is 0 Å². The van der Waals surface area contributed by atoms with Gasteiger partial charge in [0, 0.05) is 17.3 Å². The van der Waals surface area contributed by atoms with Gasteiger partial charge < -0.3 is 5.32 Å². The van der Waals surface area contributed by atoms with E-state index < -0.39 is 0 Å². The Balaban J connectivity index is 1.93. The van der Waals surface area contributed by atoms with Gasteiger partial charge in [0.05, 0.1) is 8.67 Å². The number of hydrogen-bond donors (Lipinski definition) is 1. The van der Waals surface area contributed by atoms with E-state index in [4.69, 9.17) is 23.2 Å². The first-order valence-corrected chi connectivity index (χ1v) is 8.09. The average Bonchev–Trinajstić information content (AvgIpc) is 2.96. The van der Waals surface area contributed by atoms with Gasteiger partial charge in [-0.05, 0) is 37.7 Å². The zero-order valence-corrected chi connectivity index (χ0v) is 12.5. The van der Waals surface area contributed by atoms with Gasteiger partial charge in [-0.15, -0.1) is 11.3 Å². The van der Waals surface area contributed by atoms with Gasteiger partial charge >= 0.3 is 0 Å². The minimum Gasteiger partial charge on any atom is -0.309 e. The van der Waals surface area contributed by atoms with E-state index in [0.717, 1.165) is 20.8 Å². The Bertz CT molecular complexity index is 374. The van der Waals surface area contributed by atoms with Crippen LogP contribution in [0.5, 0.6) is 0 Å². The molecule has 2 rings (SSSR count). The Hall–Kier alpha value is 0.590. The normalized spacial score (nSPS) is 19.8. The first kappa shape index (κ1) is 13.0. The fourth-order valence-corrected chi connectivity index (χ4v) is 4.07. The predicted molar refractivity (Wildman–Crippen MR) is 76.2 cm³/mol. The first-order chi connectivity index (χ1) is 7.56. The highest BCUT2D eigenvalue weighted by Crippen LogP contribution is 2.47. The van der Waals surface area contributed by atoms with E-state index in [1.165, 1.54) is 24.2 Å². The smallest absolute Gasteiger partial charge is 0.0991 e. The third kappa shape index (κ3) is 2.88. The lowest BCUT2D eigenvalue weighted by atomic mass is 10.2. The summed E-state index contributed by atoms with van der Waals surface area (Å²) in [7, 11) is 0. The lowest BCUT2D eigenvalue weighted by molar-refractivity contribution is 0.565. The van der Waals surface area contributed by atoms with Gasteiger partial charge in [0.25, 0.3) is 0 Å². The van der Waals surface area contributed by atoms with Crippen LogP contribution in [-0.2, 0) is 0 Å². The molecule has 1 nitrogen and oxygen atoms in total. The van der Waals surface area contributed by atoms with Gasteiger partial charge in [-0.3, -0.25) is 0 Å². The molecule has 0 aliphatic heterocycles. The Morgan fingerprint density at radius 2 is 2.25 bits per heavy atom. The monoisotopic (exact) mass is 295 g/mol. The van der Waals surface area contributed by atoms with Gasteiger partial charge in [-0.1, -0.05) is 23.2 Å². The molecule has 1 aliphatic carbocycles. The standard InChI is InChI=1S/C11H15Cl2NS2/c1-7(8-5-9(12)16-10(8)13)14-6-11(15-2)3-4-11/h5,7,14H,3-4,6H2,1-2H3. The van der Waals surface area contributed by atoms with Gasteiger partial charge in [0.2, 0.25) is 0 Å². The zero-order valence-electron chi connectivity index (χ0n) is 9.35. The second-order valence-corrected chi connectivity index (χ2v) is 7.83. The van der Waals surface area contributed by atoms with Crippen LogP contribution in [0, 0.1) is 0 Å². The van der Waals surface area contributed by atoms with E-state index in [9.17, 15) is 0 Å². The molecule has 0 bridgehead atoms. The van der Waals surface area contributed by atoms with E-state index in [2.05, 4.69) is 18.5 Å². The highest BCUT2D eigenvalue weighted by molar-refractivity contribution is 8.00. The van der Waals surface area contributed by atoms with Crippen LogP contribution >= 0.6 is 46.3 Å². The molecule has 1 unspecified atom stereocenters. The molecule has 0 amide bonds. The van der Waals surface area contributed by atoms with Crippen molar-refractivity contribution in [1.82, 2.24) is 5.32 Å². The third-order valence-electron chi connectivity index (χ3n) is 3.12. The van der Waals surface area contributed by atoms with Crippen molar-refractivity contribution in [2.45, 2.75) is 30.6 Å². The van der Waals surface area contributed by atoms with Crippen LogP contribution in [0.4, 0.5) is 0 Å². The number of thioether (sulfide) groups is 1. The van der Waals surface area contributed by atoms with Gasteiger partial charge in [0.15, 0.2) is 0 Å². The molecule has 1 N–H and O–H groups in total. The van der Waals surface area contributed by atoms with E-state index in [1.807, 2.05) is 17.8 Å². The lowest BCUT2D eigenvalue weighted by Gasteiger charge is -2.18. The largest absolute Gasteiger partial charge is 0.309 e. The molecule has 5 heteroatoms. The van der Waals surface area contributed by atoms with Crippen LogP contribution in [0.1, 0.15) is 31.4 Å². The Kier molecular flexibility index (Phi) is 4.13. The molecule has 1 fully saturated rings. The Morgan fingerprint density at radius 1 is 1.56 bits per heavy atom. The van der Waals surface area contributed by atoms with Crippen molar-refractivity contribution in [1.29, 1.82) is 0 Å². The van der Waals surface area contributed by atoms with Crippen molar-refractivity contribution in [2.24, 2.45) is 0 Å². The molecule has 1 heterocycles. The molecular formula is C11H15Cl2NS2. The lowest BCUT2D eigenvalue weighted by Crippen LogP contribution is -2.28. The SMILES string of the molecule is CSC1(CNC(C)c2cc(Cl)sc2Cl)CC1. The summed E-state index contributed by atoms with van der Waals surface area (Å²) in [5.41, 5.74) is 1.12. The van der Waals surface area contributed by atoms with E-state index in [1.54, 1.807) is 0 Å². The molecule has 0 spiro atoms. The van der Waals surface area contributed by atoms with Gasteiger partial charge in [0.1, 0.15) is 0 Å². The molecule has 16 heavy (non-hydrogen) atoms. The Morgan fingerprint density at radius 3 is 2.69 bits per heavy atom. The van der Waals surface area contributed by atoms with Crippen LogP contribution < -0.4 is 5.32 Å². The van der Waals surface area contributed by atoms with Crippen LogP contribution in [-0.4, -0.2) is 17.5 Å². The van der Waals surface area contributed by atoms with Gasteiger partial charge in [-0.2, -0.15) is 11.8 Å². The van der Waals surface area contributed by atoms with E-state index >= 15 is 0 Å². The summed E-state index contributed by atoms with van der Waals surface area (Å²) in [4.78, 5) is 0. The highest BCUT2D eigenvalue weighted by Gasteiger charge is 2.41. The molecule has 1 atom stereocenters. The zero-order chi connectivity index (χ0) is 11.8. The average molecular weight is 296 g/mol. The van der Waals surface area contributed by atoms with Crippen LogP contribution in [0.2, 0.25) is 8.67 Å². The summed E-state index contributed by atoms with van der Waals surface area (Å²) < 4.78 is 2.05. The molecule has 90 valence electrons. The number of rotatable bonds is 5. The number of thiophene rings is 1. The van der Waals surface area contributed by atoms with Crippen LogP contribution in [0.25, 0.3) is 0 Å². The van der Waals surface area contributed by atoms with E-state index in [-0.39, 0.29) is 6.04 Å². The minimum absolute atomic E-state index is 0.279. The number of nitrogens with one attached hydrogen (secondary N) is 1. The molecule has 1 aromatic heterocycles. The van der Waals surface area contributed by atoms with E-state index in [0.29, 0.717) is 4.75 Å². The fraction of sp³-hybridized carbons (Fsp3) is 0.636. The van der Waals surface area contributed by atoms with Gasteiger partial charge in [-0.25, -0.2) is 0 Å². The molecule has 0 saturated heterocycles. The molecule has 0 aromatic carbocycles. The molecular weight excluding hydrogens is 281 g/mol. The summed E-state index contributed by atoms with van der Waals surface area (Å²) in [6, 6.07) is 2.24. The summed E-state index contributed by atoms with van der Waals surface area (Å²) in [5, 5.41) is 3.55. The third-order valence-corrected chi connectivity index (χ3v) is 6.06. The second-order valence-electron chi connectivity index (χ2n) is 4.27. The summed E-state index contributed by atoms with van der Waals surface area (Å²) >= 11 is 15.5. The fourth-order valence-electron chi connectivity index (χ4n) is 1.69. The predicted octanol–water partition coefficient (Wildman–Crippen LogP) is 4.60. The van der Waals surface area contributed by atoms with Crippen molar-refractivity contribution in [3.63, 3.8) is 0 Å². The van der Waals surface area contributed by atoms with Crippen molar-refractivity contribution in [3.05, 3.63) is 20.3 Å². The Labute approximate surface area is 115 Å². The molecule has 1 saturated carbocycles. The maximum absolute atomic E-state index is 6.13. The number of halogens is 2. The highest BCUT2D eigenvalue weighted by atomic mass is 35.5. The van der Waals surface area contributed by atoms with Crippen molar-refractivity contribution >= 4 is 46.3 Å². The first-order valence-electron chi connectivity index (χ1n) is 5.29. The topological polar surface area (TPSA) is 12.0 Å². The van der Waals surface area contributed by atoms with Crippen molar-refractivity contribution in [3.8, 4) is 0 Å². The number of hydrogen-bond acceptors (Lipinski definition) is 3. The van der Waals surface area contributed by atoms with Crippen LogP contribution in [0.15, 0.2) is 6.07 Å². The maximum Gasteiger partial charge on any atom is 0.0991 e. The molecule has 1 aliphatic rings. The minimum atomic E-state index is 0.279. The maximum atomic E-state index is 6.13.